The second kappa shape index (κ2) is 12.6. The van der Waals surface area contributed by atoms with Crippen LogP contribution in [-0.4, -0.2) is 50.9 Å². The van der Waals surface area contributed by atoms with Gasteiger partial charge in [0, 0.05) is 29.7 Å². The van der Waals surface area contributed by atoms with E-state index in [-0.39, 0.29) is 12.4 Å². The topological polar surface area (TPSA) is 43.0 Å². The Kier molecular flexibility index (Phi) is 9.87. The monoisotopic (exact) mass is 514 g/mol. The fraction of sp³-hybridized carbons (Fsp3) is 0.478. The average molecular weight is 516 g/mol. The lowest BCUT2D eigenvalue weighted by Crippen LogP contribution is -2.37. The Labute approximate surface area is 196 Å². The van der Waals surface area contributed by atoms with Gasteiger partial charge in [0.15, 0.2) is 11.5 Å². The normalized spacial score (nSPS) is 14.6. The van der Waals surface area contributed by atoms with Gasteiger partial charge in [0.2, 0.25) is 0 Å². The van der Waals surface area contributed by atoms with Gasteiger partial charge in [-0.25, -0.2) is 4.39 Å². The predicted molar refractivity (Wildman–Crippen MR) is 125 cm³/mol. The van der Waals surface area contributed by atoms with Crippen LogP contribution < -0.4 is 14.8 Å². The Hall–Kier alpha value is -1.38. The molecule has 1 aliphatic rings. The van der Waals surface area contributed by atoms with Crippen molar-refractivity contribution in [3.8, 4) is 11.5 Å². The molecule has 1 saturated heterocycles. The summed E-state index contributed by atoms with van der Waals surface area (Å²) in [6.07, 6.45) is 1.08. The number of morpholine rings is 1. The molecule has 0 aliphatic carbocycles. The molecule has 0 saturated carbocycles. The predicted octanol–water partition coefficient (Wildman–Crippen LogP) is 5.03. The molecule has 2 aromatic carbocycles. The summed E-state index contributed by atoms with van der Waals surface area (Å²) < 4.78 is 32.0. The van der Waals surface area contributed by atoms with Gasteiger partial charge in [0.25, 0.3) is 0 Å². The van der Waals surface area contributed by atoms with Gasteiger partial charge < -0.3 is 19.5 Å². The zero-order valence-electron chi connectivity index (χ0n) is 17.8. The van der Waals surface area contributed by atoms with Crippen LogP contribution in [0.5, 0.6) is 11.5 Å². The fourth-order valence-corrected chi connectivity index (χ4v) is 4.07. The van der Waals surface area contributed by atoms with Crippen LogP contribution in [0.4, 0.5) is 4.39 Å². The van der Waals surface area contributed by atoms with Gasteiger partial charge >= 0.3 is 0 Å². The number of rotatable bonds is 11. The standard InChI is InChI=1S/C23H29BrClFN2O3/c1-2-30-22-13-17(15-27-7-4-8-28-9-11-29-12-10-28)19(24)14-23(22)31-16-18-20(25)5-3-6-21(18)26/h3,5-6,13-14,27H,2,4,7-12,15-16H2,1H3. The number of hydrogen-bond donors (Lipinski definition) is 1. The van der Waals surface area contributed by atoms with E-state index in [4.69, 9.17) is 25.8 Å². The van der Waals surface area contributed by atoms with Crippen LogP contribution in [0.2, 0.25) is 5.02 Å². The molecule has 0 spiro atoms. The largest absolute Gasteiger partial charge is 0.490 e. The van der Waals surface area contributed by atoms with E-state index < -0.39 is 0 Å². The Balaban J connectivity index is 1.56. The average Bonchev–Trinajstić information content (AvgIpc) is 2.76. The zero-order chi connectivity index (χ0) is 22.1. The third kappa shape index (κ3) is 7.32. The summed E-state index contributed by atoms with van der Waals surface area (Å²) in [5.74, 6) is 0.787. The van der Waals surface area contributed by atoms with Gasteiger partial charge in [0.1, 0.15) is 12.4 Å². The molecule has 3 rings (SSSR count). The highest BCUT2D eigenvalue weighted by molar-refractivity contribution is 9.10. The molecule has 8 heteroatoms. The van der Waals surface area contributed by atoms with E-state index >= 15 is 0 Å². The number of halogens is 3. The molecule has 0 bridgehead atoms. The van der Waals surface area contributed by atoms with Crippen molar-refractivity contribution in [3.63, 3.8) is 0 Å². The van der Waals surface area contributed by atoms with Gasteiger partial charge in [-0.15, -0.1) is 0 Å². The third-order valence-electron chi connectivity index (χ3n) is 5.09. The van der Waals surface area contributed by atoms with Crippen LogP contribution in [0.3, 0.4) is 0 Å². The maximum atomic E-state index is 14.0. The minimum Gasteiger partial charge on any atom is -0.490 e. The minimum atomic E-state index is -0.387. The van der Waals surface area contributed by atoms with Crippen molar-refractivity contribution < 1.29 is 18.6 Å². The summed E-state index contributed by atoms with van der Waals surface area (Å²) in [6.45, 7) is 8.86. The van der Waals surface area contributed by atoms with Gasteiger partial charge in [-0.05, 0) is 56.3 Å². The summed E-state index contributed by atoms with van der Waals surface area (Å²) in [7, 11) is 0. The molecule has 0 atom stereocenters. The number of hydrogen-bond acceptors (Lipinski definition) is 5. The van der Waals surface area contributed by atoms with Crippen molar-refractivity contribution in [3.05, 3.63) is 56.8 Å². The highest BCUT2D eigenvalue weighted by Gasteiger charge is 2.14. The molecular weight excluding hydrogens is 487 g/mol. The van der Waals surface area contributed by atoms with Crippen LogP contribution in [-0.2, 0) is 17.9 Å². The van der Waals surface area contributed by atoms with E-state index in [0.29, 0.717) is 35.2 Å². The fourth-order valence-electron chi connectivity index (χ4n) is 3.39. The number of benzene rings is 2. The van der Waals surface area contributed by atoms with Crippen molar-refractivity contribution in [2.45, 2.75) is 26.5 Å². The molecule has 31 heavy (non-hydrogen) atoms. The van der Waals surface area contributed by atoms with Crippen LogP contribution >= 0.6 is 27.5 Å². The summed E-state index contributed by atoms with van der Waals surface area (Å²) >= 11 is 9.73. The zero-order valence-corrected chi connectivity index (χ0v) is 20.1. The smallest absolute Gasteiger partial charge is 0.162 e. The lowest BCUT2D eigenvalue weighted by molar-refractivity contribution is 0.0374. The van der Waals surface area contributed by atoms with Crippen LogP contribution in [0.1, 0.15) is 24.5 Å². The quantitative estimate of drug-likeness (QED) is 0.425. The molecule has 0 unspecified atom stereocenters. The molecule has 1 N–H and O–H groups in total. The summed E-state index contributed by atoms with van der Waals surface area (Å²) in [4.78, 5) is 2.43. The lowest BCUT2D eigenvalue weighted by atomic mass is 10.2. The van der Waals surface area contributed by atoms with Crippen molar-refractivity contribution in [2.75, 3.05) is 46.0 Å². The van der Waals surface area contributed by atoms with Crippen LogP contribution in [0.25, 0.3) is 0 Å². The Bertz CT molecular complexity index is 830. The lowest BCUT2D eigenvalue weighted by Gasteiger charge is -2.26. The second-order valence-electron chi connectivity index (χ2n) is 7.30. The molecule has 170 valence electrons. The van der Waals surface area contributed by atoms with E-state index in [9.17, 15) is 4.39 Å². The molecule has 0 amide bonds. The molecule has 0 radical (unpaired) electrons. The van der Waals surface area contributed by atoms with E-state index in [1.54, 1.807) is 12.1 Å². The highest BCUT2D eigenvalue weighted by Crippen LogP contribution is 2.35. The first kappa shape index (κ1) is 24.3. The first-order chi connectivity index (χ1) is 15.1. The van der Waals surface area contributed by atoms with Gasteiger partial charge in [-0.2, -0.15) is 0 Å². The van der Waals surface area contributed by atoms with Crippen molar-refractivity contribution >= 4 is 27.5 Å². The maximum absolute atomic E-state index is 14.0. The Morgan fingerprint density at radius 1 is 1.19 bits per heavy atom. The Morgan fingerprint density at radius 2 is 1.97 bits per heavy atom. The molecule has 5 nitrogen and oxygen atoms in total. The van der Waals surface area contributed by atoms with E-state index in [1.807, 2.05) is 19.1 Å². The van der Waals surface area contributed by atoms with E-state index in [2.05, 4.69) is 26.1 Å². The van der Waals surface area contributed by atoms with Crippen LogP contribution in [0, 0.1) is 5.82 Å². The molecule has 1 fully saturated rings. The van der Waals surface area contributed by atoms with Crippen molar-refractivity contribution in [1.29, 1.82) is 0 Å². The minimum absolute atomic E-state index is 0.0250. The van der Waals surface area contributed by atoms with E-state index in [0.717, 1.165) is 55.8 Å². The third-order valence-corrected chi connectivity index (χ3v) is 6.19. The number of nitrogens with zero attached hydrogens (tertiary/aromatic N) is 1. The second-order valence-corrected chi connectivity index (χ2v) is 8.56. The van der Waals surface area contributed by atoms with E-state index in [1.165, 1.54) is 6.07 Å². The SMILES string of the molecule is CCOc1cc(CNCCCN2CCOCC2)c(Br)cc1OCc1c(F)cccc1Cl. The van der Waals surface area contributed by atoms with Crippen LogP contribution in [0.15, 0.2) is 34.8 Å². The molecule has 2 aromatic rings. The molecule has 0 aromatic heterocycles. The maximum Gasteiger partial charge on any atom is 0.162 e. The summed E-state index contributed by atoms with van der Waals surface area (Å²) in [6, 6.07) is 8.42. The molecule has 1 aliphatic heterocycles. The number of ether oxygens (including phenoxy) is 3. The van der Waals surface area contributed by atoms with Crippen molar-refractivity contribution in [1.82, 2.24) is 10.2 Å². The summed E-state index contributed by atoms with van der Waals surface area (Å²) in [5.41, 5.74) is 1.40. The molecule has 1 heterocycles. The Morgan fingerprint density at radius 3 is 2.71 bits per heavy atom. The van der Waals surface area contributed by atoms with Gasteiger partial charge in [0.05, 0.1) is 24.8 Å². The molecular formula is C23H29BrClFN2O3. The van der Waals surface area contributed by atoms with Gasteiger partial charge in [-0.1, -0.05) is 33.6 Å². The first-order valence-corrected chi connectivity index (χ1v) is 11.8. The van der Waals surface area contributed by atoms with Crippen molar-refractivity contribution in [2.24, 2.45) is 0 Å². The van der Waals surface area contributed by atoms with Gasteiger partial charge in [-0.3, -0.25) is 4.90 Å². The summed E-state index contributed by atoms with van der Waals surface area (Å²) in [5, 5.41) is 3.83. The number of nitrogens with one attached hydrogen (secondary N) is 1. The first-order valence-electron chi connectivity index (χ1n) is 10.6. The highest BCUT2D eigenvalue weighted by atomic mass is 79.9.